The second-order valence-corrected chi connectivity index (χ2v) is 5.47. The maximum Gasteiger partial charge on any atom is 0.137 e. The van der Waals surface area contributed by atoms with Crippen LogP contribution in [0, 0.1) is 5.82 Å². The topological polar surface area (TPSA) is 12.0 Å². The van der Waals surface area contributed by atoms with Crippen LogP contribution in [0.5, 0.6) is 0 Å². The van der Waals surface area contributed by atoms with Crippen LogP contribution in [0.1, 0.15) is 24.9 Å². The van der Waals surface area contributed by atoms with Gasteiger partial charge in [0.2, 0.25) is 0 Å². The van der Waals surface area contributed by atoms with Gasteiger partial charge in [-0.3, -0.25) is 0 Å². The molecule has 3 heteroatoms. The summed E-state index contributed by atoms with van der Waals surface area (Å²) < 4.78 is 13.6. The van der Waals surface area contributed by atoms with Crippen molar-refractivity contribution in [1.82, 2.24) is 5.32 Å². The van der Waals surface area contributed by atoms with E-state index in [1.54, 1.807) is 12.1 Å². The van der Waals surface area contributed by atoms with Crippen molar-refractivity contribution in [3.05, 3.63) is 59.9 Å². The zero-order valence-corrected chi connectivity index (χ0v) is 12.0. The molecule has 0 bridgehead atoms. The lowest BCUT2D eigenvalue weighted by Crippen LogP contribution is -2.14. The number of nitrogens with one attached hydrogen (secondary N) is 1. The van der Waals surface area contributed by atoms with E-state index in [4.69, 9.17) is 0 Å². The number of halogens is 1. The number of benzene rings is 2. The lowest BCUT2D eigenvalue weighted by atomic mass is 10.1. The van der Waals surface area contributed by atoms with Gasteiger partial charge in [0.05, 0.1) is 0 Å². The summed E-state index contributed by atoms with van der Waals surface area (Å²) in [5, 5.41) is 3.28. The summed E-state index contributed by atoms with van der Waals surface area (Å²) in [5.74, 6) is -0.168. The summed E-state index contributed by atoms with van der Waals surface area (Å²) >= 11 is 1.45. The zero-order valence-electron chi connectivity index (χ0n) is 11.2. The minimum Gasteiger partial charge on any atom is -0.313 e. The Labute approximate surface area is 118 Å². The number of hydrogen-bond donors (Lipinski definition) is 1. The fourth-order valence-electron chi connectivity index (χ4n) is 2.03. The van der Waals surface area contributed by atoms with Gasteiger partial charge < -0.3 is 5.32 Å². The second kappa shape index (κ2) is 6.73. The van der Waals surface area contributed by atoms with Gasteiger partial charge in [-0.25, -0.2) is 4.39 Å². The van der Waals surface area contributed by atoms with E-state index in [0.29, 0.717) is 10.9 Å². The maximum atomic E-state index is 13.6. The highest BCUT2D eigenvalue weighted by Crippen LogP contribution is 2.30. The van der Waals surface area contributed by atoms with Gasteiger partial charge in [-0.1, -0.05) is 43.0 Å². The van der Waals surface area contributed by atoms with Gasteiger partial charge in [0.15, 0.2) is 0 Å². The van der Waals surface area contributed by atoms with Gasteiger partial charge >= 0.3 is 0 Å². The van der Waals surface area contributed by atoms with Crippen molar-refractivity contribution in [1.29, 1.82) is 0 Å². The average molecular weight is 275 g/mol. The van der Waals surface area contributed by atoms with E-state index in [9.17, 15) is 4.39 Å². The van der Waals surface area contributed by atoms with E-state index < -0.39 is 0 Å². The van der Waals surface area contributed by atoms with Crippen LogP contribution < -0.4 is 5.32 Å². The van der Waals surface area contributed by atoms with Crippen LogP contribution in [0.25, 0.3) is 0 Å². The monoisotopic (exact) mass is 275 g/mol. The van der Waals surface area contributed by atoms with E-state index >= 15 is 0 Å². The molecule has 0 amide bonds. The van der Waals surface area contributed by atoms with Crippen molar-refractivity contribution in [2.45, 2.75) is 29.2 Å². The third kappa shape index (κ3) is 3.58. The maximum absolute atomic E-state index is 13.6. The molecule has 0 spiro atoms. The summed E-state index contributed by atoms with van der Waals surface area (Å²) in [7, 11) is 1.97. The quantitative estimate of drug-likeness (QED) is 0.852. The Kier molecular flexibility index (Phi) is 5.00. The Hall–Kier alpha value is -1.32. The molecule has 0 saturated heterocycles. The molecule has 19 heavy (non-hydrogen) atoms. The molecular weight excluding hydrogens is 257 g/mol. The predicted octanol–water partition coefficient (Wildman–Crippen LogP) is 4.65. The molecule has 0 radical (unpaired) electrons. The molecular formula is C16H18FNS. The zero-order chi connectivity index (χ0) is 13.7. The predicted molar refractivity (Wildman–Crippen MR) is 79.1 cm³/mol. The Balaban J connectivity index is 2.13. The molecule has 1 atom stereocenters. The molecule has 2 rings (SSSR count). The standard InChI is InChI=1S/C16H18FNS/c1-3-15(18-2)12-8-10-13(11-9-12)19-16-7-5-4-6-14(16)17/h4-11,15,18H,3H2,1-2H3. The highest BCUT2D eigenvalue weighted by molar-refractivity contribution is 7.99. The largest absolute Gasteiger partial charge is 0.313 e. The Morgan fingerprint density at radius 2 is 1.79 bits per heavy atom. The summed E-state index contributed by atoms with van der Waals surface area (Å²) in [6.45, 7) is 2.16. The molecule has 0 aliphatic carbocycles. The molecule has 0 aliphatic rings. The number of hydrogen-bond acceptors (Lipinski definition) is 2. The first-order chi connectivity index (χ1) is 9.24. The number of rotatable bonds is 5. The van der Waals surface area contributed by atoms with Gasteiger partial charge in [-0.2, -0.15) is 0 Å². The highest BCUT2D eigenvalue weighted by Gasteiger charge is 2.07. The Morgan fingerprint density at radius 1 is 1.11 bits per heavy atom. The average Bonchev–Trinajstić information content (AvgIpc) is 2.44. The molecule has 0 aliphatic heterocycles. The Bertz CT molecular complexity index is 521. The third-order valence-corrected chi connectivity index (χ3v) is 4.16. The van der Waals surface area contributed by atoms with E-state index in [2.05, 4.69) is 24.4 Å². The van der Waals surface area contributed by atoms with Crippen molar-refractivity contribution >= 4 is 11.8 Å². The fraction of sp³-hybridized carbons (Fsp3) is 0.250. The summed E-state index contributed by atoms with van der Waals surface area (Å²) in [6.07, 6.45) is 1.05. The SMILES string of the molecule is CCC(NC)c1ccc(Sc2ccccc2F)cc1. The first-order valence-electron chi connectivity index (χ1n) is 6.44. The lowest BCUT2D eigenvalue weighted by molar-refractivity contribution is 0.576. The third-order valence-electron chi connectivity index (χ3n) is 3.10. The molecule has 1 nitrogen and oxygen atoms in total. The fourth-order valence-corrected chi connectivity index (χ4v) is 2.87. The van der Waals surface area contributed by atoms with Gasteiger partial charge in [-0.15, -0.1) is 0 Å². The van der Waals surface area contributed by atoms with Gasteiger partial charge in [0.25, 0.3) is 0 Å². The molecule has 2 aromatic carbocycles. The first kappa shape index (κ1) is 14.1. The smallest absolute Gasteiger partial charge is 0.137 e. The molecule has 1 N–H and O–H groups in total. The highest BCUT2D eigenvalue weighted by atomic mass is 32.2. The Morgan fingerprint density at radius 3 is 2.37 bits per heavy atom. The van der Waals surface area contributed by atoms with Crippen molar-refractivity contribution < 1.29 is 4.39 Å². The minimum absolute atomic E-state index is 0.168. The van der Waals surface area contributed by atoms with Crippen LogP contribution in [0.4, 0.5) is 4.39 Å². The van der Waals surface area contributed by atoms with Crippen molar-refractivity contribution in [3.8, 4) is 0 Å². The van der Waals surface area contributed by atoms with Crippen molar-refractivity contribution in [2.75, 3.05) is 7.05 Å². The molecule has 0 aromatic heterocycles. The summed E-state index contributed by atoms with van der Waals surface area (Å²) in [5.41, 5.74) is 1.27. The van der Waals surface area contributed by atoms with E-state index in [-0.39, 0.29) is 5.82 Å². The van der Waals surface area contributed by atoms with Crippen LogP contribution in [0.3, 0.4) is 0 Å². The molecule has 0 fully saturated rings. The first-order valence-corrected chi connectivity index (χ1v) is 7.26. The molecule has 2 aromatic rings. The molecule has 0 saturated carbocycles. The van der Waals surface area contributed by atoms with Gasteiger partial charge in [0.1, 0.15) is 5.82 Å². The lowest BCUT2D eigenvalue weighted by Gasteiger charge is -2.14. The molecule has 1 unspecified atom stereocenters. The van der Waals surface area contributed by atoms with E-state index in [1.807, 2.05) is 25.2 Å². The van der Waals surface area contributed by atoms with Crippen LogP contribution in [0.2, 0.25) is 0 Å². The van der Waals surface area contributed by atoms with Crippen LogP contribution in [0.15, 0.2) is 58.3 Å². The van der Waals surface area contributed by atoms with Crippen LogP contribution in [-0.2, 0) is 0 Å². The van der Waals surface area contributed by atoms with Crippen molar-refractivity contribution in [3.63, 3.8) is 0 Å². The van der Waals surface area contributed by atoms with Crippen molar-refractivity contribution in [2.24, 2.45) is 0 Å². The molecule has 0 heterocycles. The van der Waals surface area contributed by atoms with Gasteiger partial charge in [-0.05, 0) is 43.3 Å². The normalized spacial score (nSPS) is 12.4. The van der Waals surface area contributed by atoms with Gasteiger partial charge in [0, 0.05) is 15.8 Å². The van der Waals surface area contributed by atoms with E-state index in [1.165, 1.54) is 23.4 Å². The van der Waals surface area contributed by atoms with Crippen LogP contribution >= 0.6 is 11.8 Å². The summed E-state index contributed by atoms with van der Waals surface area (Å²) in [6, 6.07) is 15.5. The molecule has 100 valence electrons. The minimum atomic E-state index is -0.168. The summed E-state index contributed by atoms with van der Waals surface area (Å²) in [4.78, 5) is 1.72. The van der Waals surface area contributed by atoms with E-state index in [0.717, 1.165) is 11.3 Å². The van der Waals surface area contributed by atoms with Crippen LogP contribution in [-0.4, -0.2) is 7.05 Å². The second-order valence-electron chi connectivity index (χ2n) is 4.35.